The number of carboxylic acids is 1. The maximum atomic E-state index is 13.1. The fourth-order valence-corrected chi connectivity index (χ4v) is 3.49. The van der Waals surface area contributed by atoms with Crippen molar-refractivity contribution in [2.45, 2.75) is 23.5 Å². The van der Waals surface area contributed by atoms with Crippen molar-refractivity contribution in [2.75, 3.05) is 18.1 Å². The van der Waals surface area contributed by atoms with Gasteiger partial charge < -0.3 is 14.7 Å². The van der Waals surface area contributed by atoms with Crippen molar-refractivity contribution in [2.24, 2.45) is 0 Å². The van der Waals surface area contributed by atoms with Gasteiger partial charge in [-0.15, -0.1) is 11.8 Å². The van der Waals surface area contributed by atoms with Gasteiger partial charge in [0.2, 0.25) is 0 Å². The van der Waals surface area contributed by atoms with Gasteiger partial charge >= 0.3 is 5.97 Å². The van der Waals surface area contributed by atoms with E-state index in [0.717, 1.165) is 11.8 Å². The van der Waals surface area contributed by atoms with Crippen LogP contribution in [0.1, 0.15) is 24.2 Å². The number of thioether (sulfide) groups is 1. The first-order valence-electron chi connectivity index (χ1n) is 7.80. The number of para-hydroxylation sites is 2. The molecule has 0 unspecified atom stereocenters. The Bertz CT molecular complexity index is 822. The molecule has 0 atom stereocenters. The van der Waals surface area contributed by atoms with Crippen LogP contribution < -0.4 is 9.64 Å². The zero-order chi connectivity index (χ0) is 18.0. The highest BCUT2D eigenvalue weighted by atomic mass is 32.2. The average Bonchev–Trinajstić information content (AvgIpc) is 2.60. The van der Waals surface area contributed by atoms with E-state index in [2.05, 4.69) is 4.98 Å². The molecule has 0 spiro atoms. The lowest BCUT2D eigenvalue weighted by Gasteiger charge is -2.30. The summed E-state index contributed by atoms with van der Waals surface area (Å²) in [6.07, 6.45) is 3.05. The minimum atomic E-state index is -1.06. The van der Waals surface area contributed by atoms with E-state index in [4.69, 9.17) is 4.74 Å². The number of aromatic nitrogens is 1. The highest BCUT2D eigenvalue weighted by Crippen LogP contribution is 2.37. The van der Waals surface area contributed by atoms with Gasteiger partial charge in [0.15, 0.2) is 0 Å². The third-order valence-electron chi connectivity index (χ3n) is 3.87. The van der Waals surface area contributed by atoms with Crippen molar-refractivity contribution in [3.8, 4) is 5.75 Å². The van der Waals surface area contributed by atoms with Crippen LogP contribution in [0.4, 0.5) is 5.69 Å². The molecule has 0 fully saturated rings. The molecule has 0 saturated heterocycles. The molecule has 1 amide bonds. The molecule has 1 aromatic heterocycles. The number of fused-ring (bicyclic) bond motifs is 1. The Hall–Kier alpha value is -2.54. The maximum Gasteiger partial charge on any atom is 0.319 e. The largest absolute Gasteiger partial charge is 0.490 e. The Morgan fingerprint density at radius 3 is 2.80 bits per heavy atom. The Morgan fingerprint density at radius 2 is 2.04 bits per heavy atom. The van der Waals surface area contributed by atoms with Crippen LogP contribution in [0.5, 0.6) is 5.75 Å². The molecule has 1 aliphatic heterocycles. The molecule has 6 nitrogen and oxygen atoms in total. The molecular weight excluding hydrogens is 340 g/mol. The van der Waals surface area contributed by atoms with Crippen LogP contribution in [-0.2, 0) is 4.79 Å². The fourth-order valence-electron chi connectivity index (χ4n) is 2.48. The summed E-state index contributed by atoms with van der Waals surface area (Å²) < 4.78 is 4.53. The number of pyridine rings is 1. The highest BCUT2D eigenvalue weighted by molar-refractivity contribution is 8.01. The first-order valence-corrected chi connectivity index (χ1v) is 8.62. The van der Waals surface area contributed by atoms with E-state index in [-0.39, 0.29) is 5.91 Å². The van der Waals surface area contributed by atoms with E-state index >= 15 is 0 Å². The number of hydrogen-bond donors (Lipinski definition) is 1. The number of carbonyl (C=O) groups excluding carboxylic acids is 1. The van der Waals surface area contributed by atoms with Gasteiger partial charge in [0.05, 0.1) is 17.8 Å². The van der Waals surface area contributed by atoms with Gasteiger partial charge in [-0.05, 0) is 32.0 Å². The molecular formula is C18H18N2O4S. The standard InChI is InChI=1S/C18H18N2O4S/c1-18(2,17(22)23)25-15-7-8-19-11-12(15)16(21)20-9-10-24-14-6-4-3-5-13(14)20/h3-8,11H,9-10H2,1-2H3,(H,22,23). The Morgan fingerprint density at radius 1 is 1.28 bits per heavy atom. The molecule has 1 aliphatic rings. The van der Waals surface area contributed by atoms with Gasteiger partial charge in [-0.1, -0.05) is 12.1 Å². The van der Waals surface area contributed by atoms with Gasteiger partial charge in [-0.2, -0.15) is 0 Å². The number of aliphatic carboxylic acids is 1. The Kier molecular flexibility index (Phi) is 4.67. The SMILES string of the molecule is CC(C)(Sc1ccncc1C(=O)N1CCOc2ccccc21)C(=O)O. The maximum absolute atomic E-state index is 13.1. The summed E-state index contributed by atoms with van der Waals surface area (Å²) in [6.45, 7) is 4.06. The predicted molar refractivity (Wildman–Crippen MR) is 95.4 cm³/mol. The normalized spacial score (nSPS) is 13.8. The number of carboxylic acid groups (broad SMARTS) is 1. The first-order chi connectivity index (χ1) is 11.9. The number of benzene rings is 1. The molecule has 1 N–H and O–H groups in total. The summed E-state index contributed by atoms with van der Waals surface area (Å²) in [5, 5.41) is 9.36. The number of anilines is 1. The van der Waals surface area contributed by atoms with Crippen molar-refractivity contribution in [1.82, 2.24) is 4.98 Å². The molecule has 0 bridgehead atoms. The van der Waals surface area contributed by atoms with Gasteiger partial charge in [0.25, 0.3) is 5.91 Å². The van der Waals surface area contributed by atoms with Crippen LogP contribution >= 0.6 is 11.8 Å². The van der Waals surface area contributed by atoms with Crippen molar-refractivity contribution in [3.05, 3.63) is 48.3 Å². The topological polar surface area (TPSA) is 79.7 Å². The quantitative estimate of drug-likeness (QED) is 0.846. The Labute approximate surface area is 149 Å². The second-order valence-corrected chi connectivity index (χ2v) is 7.73. The number of amides is 1. The van der Waals surface area contributed by atoms with Gasteiger partial charge in [-0.3, -0.25) is 14.6 Å². The molecule has 2 heterocycles. The second-order valence-electron chi connectivity index (χ2n) is 6.06. The number of nitrogens with zero attached hydrogens (tertiary/aromatic N) is 2. The molecule has 0 aliphatic carbocycles. The zero-order valence-corrected chi connectivity index (χ0v) is 14.7. The molecule has 0 radical (unpaired) electrons. The zero-order valence-electron chi connectivity index (χ0n) is 13.9. The third-order valence-corrected chi connectivity index (χ3v) is 5.13. The van der Waals surface area contributed by atoms with Crippen LogP contribution in [0.2, 0.25) is 0 Å². The van der Waals surface area contributed by atoms with E-state index in [1.165, 1.54) is 6.20 Å². The summed E-state index contributed by atoms with van der Waals surface area (Å²) in [4.78, 5) is 30.8. The molecule has 2 aromatic rings. The van der Waals surface area contributed by atoms with E-state index in [9.17, 15) is 14.7 Å². The molecule has 1 aromatic carbocycles. The molecule has 3 rings (SSSR count). The Balaban J connectivity index is 1.96. The van der Waals surface area contributed by atoms with Crippen LogP contribution in [0.15, 0.2) is 47.6 Å². The molecule has 0 saturated carbocycles. The first kappa shape index (κ1) is 17.3. The van der Waals surface area contributed by atoms with E-state index in [1.807, 2.05) is 24.3 Å². The summed E-state index contributed by atoms with van der Waals surface area (Å²) in [6, 6.07) is 9.03. The molecule has 7 heteroatoms. The van der Waals surface area contributed by atoms with E-state index in [1.54, 1.807) is 31.0 Å². The number of rotatable bonds is 4. The second kappa shape index (κ2) is 6.76. The molecule has 130 valence electrons. The lowest BCUT2D eigenvalue weighted by molar-refractivity contribution is -0.138. The lowest BCUT2D eigenvalue weighted by Crippen LogP contribution is -2.38. The van der Waals surface area contributed by atoms with Crippen LogP contribution in [0, 0.1) is 0 Å². The van der Waals surface area contributed by atoms with Gasteiger partial charge in [0.1, 0.15) is 17.1 Å². The van der Waals surface area contributed by atoms with Crippen molar-refractivity contribution in [1.29, 1.82) is 0 Å². The van der Waals surface area contributed by atoms with Crippen molar-refractivity contribution in [3.63, 3.8) is 0 Å². The van der Waals surface area contributed by atoms with Crippen LogP contribution in [-0.4, -0.2) is 39.9 Å². The van der Waals surface area contributed by atoms with Gasteiger partial charge in [0, 0.05) is 17.3 Å². The van der Waals surface area contributed by atoms with Crippen LogP contribution in [0.3, 0.4) is 0 Å². The smallest absolute Gasteiger partial charge is 0.319 e. The summed E-state index contributed by atoms with van der Waals surface area (Å²) >= 11 is 1.14. The average molecular weight is 358 g/mol. The lowest BCUT2D eigenvalue weighted by atomic mass is 10.2. The number of ether oxygens (including phenoxy) is 1. The number of hydrogen-bond acceptors (Lipinski definition) is 5. The van der Waals surface area contributed by atoms with Crippen molar-refractivity contribution >= 4 is 29.3 Å². The summed E-state index contributed by atoms with van der Waals surface area (Å²) in [5.74, 6) is -0.497. The molecule has 25 heavy (non-hydrogen) atoms. The van der Waals surface area contributed by atoms with Crippen LogP contribution in [0.25, 0.3) is 0 Å². The van der Waals surface area contributed by atoms with E-state index < -0.39 is 10.7 Å². The minimum absolute atomic E-state index is 0.215. The fraction of sp³-hybridized carbons (Fsp3) is 0.278. The van der Waals surface area contributed by atoms with Crippen molar-refractivity contribution < 1.29 is 19.4 Å². The van der Waals surface area contributed by atoms with Gasteiger partial charge in [-0.25, -0.2) is 0 Å². The highest BCUT2D eigenvalue weighted by Gasteiger charge is 2.32. The third kappa shape index (κ3) is 3.46. The monoisotopic (exact) mass is 358 g/mol. The number of carbonyl (C=O) groups is 2. The summed E-state index contributed by atoms with van der Waals surface area (Å²) in [7, 11) is 0. The van der Waals surface area contributed by atoms with E-state index in [0.29, 0.717) is 35.0 Å². The predicted octanol–water partition coefficient (Wildman–Crippen LogP) is 3.08. The minimum Gasteiger partial charge on any atom is -0.490 e. The summed E-state index contributed by atoms with van der Waals surface area (Å²) in [5.41, 5.74) is 1.09.